The highest BCUT2D eigenvalue weighted by atomic mass is 16.1. The van der Waals surface area contributed by atoms with Gasteiger partial charge in [-0.1, -0.05) is 12.2 Å². The third-order valence-electron chi connectivity index (χ3n) is 1.63. The Morgan fingerprint density at radius 2 is 2.56 bits per heavy atom. The molecule has 0 amide bonds. The van der Waals surface area contributed by atoms with Crippen LogP contribution in [-0.4, -0.2) is 30.8 Å². The van der Waals surface area contributed by atoms with E-state index >= 15 is 0 Å². The van der Waals surface area contributed by atoms with Crippen LogP contribution in [-0.2, 0) is 4.79 Å². The van der Waals surface area contributed by atoms with Gasteiger partial charge in [-0.2, -0.15) is 0 Å². The van der Waals surface area contributed by atoms with Gasteiger partial charge in [-0.05, 0) is 13.5 Å². The fraction of sp³-hybridized carbons (Fsp3) is 0.571. The van der Waals surface area contributed by atoms with Gasteiger partial charge in [0.05, 0.1) is 6.04 Å². The molecule has 2 heteroatoms. The molecular weight excluding hydrogens is 114 g/mol. The Hall–Kier alpha value is -0.630. The summed E-state index contributed by atoms with van der Waals surface area (Å²) in [6.07, 6.45) is 6.03. The van der Waals surface area contributed by atoms with Gasteiger partial charge in [0.15, 0.2) is 0 Å². The number of rotatable bonds is 1. The topological polar surface area (TPSA) is 20.3 Å². The summed E-state index contributed by atoms with van der Waals surface area (Å²) in [4.78, 5) is 12.3. The second-order valence-electron chi connectivity index (χ2n) is 2.32. The third kappa shape index (κ3) is 1.39. The first-order valence-corrected chi connectivity index (χ1v) is 3.17. The van der Waals surface area contributed by atoms with Crippen LogP contribution in [0.2, 0.25) is 0 Å². The van der Waals surface area contributed by atoms with Crippen molar-refractivity contribution in [3.8, 4) is 0 Å². The second-order valence-corrected chi connectivity index (χ2v) is 2.32. The van der Waals surface area contributed by atoms with Crippen LogP contribution in [0.4, 0.5) is 0 Å². The first-order chi connectivity index (χ1) is 4.34. The minimum Gasteiger partial charge on any atom is -0.301 e. The summed E-state index contributed by atoms with van der Waals surface area (Å²) in [6, 6.07) is 0.0266. The summed E-state index contributed by atoms with van der Waals surface area (Å²) in [6.45, 7) is 1.000. The molecule has 1 atom stereocenters. The Morgan fingerprint density at radius 1 is 1.78 bits per heavy atom. The molecule has 0 aromatic heterocycles. The van der Waals surface area contributed by atoms with Gasteiger partial charge in [-0.15, -0.1) is 0 Å². The summed E-state index contributed by atoms with van der Waals surface area (Å²) in [5.41, 5.74) is 0. The van der Waals surface area contributed by atoms with E-state index < -0.39 is 0 Å². The molecule has 0 spiro atoms. The van der Waals surface area contributed by atoms with Gasteiger partial charge in [0.2, 0.25) is 0 Å². The Kier molecular flexibility index (Phi) is 2.01. The molecule has 0 aliphatic carbocycles. The minimum atomic E-state index is 0.0266. The fourth-order valence-electron chi connectivity index (χ4n) is 0.959. The maximum Gasteiger partial charge on any atom is 0.141 e. The summed E-state index contributed by atoms with van der Waals surface area (Å²) in [7, 11) is 1.96. The van der Waals surface area contributed by atoms with E-state index in [1.807, 2.05) is 18.0 Å². The van der Waals surface area contributed by atoms with Crippen molar-refractivity contribution in [1.29, 1.82) is 0 Å². The van der Waals surface area contributed by atoms with Crippen LogP contribution in [0, 0.1) is 0 Å². The summed E-state index contributed by atoms with van der Waals surface area (Å²) < 4.78 is 0. The van der Waals surface area contributed by atoms with Crippen molar-refractivity contribution < 1.29 is 4.79 Å². The number of aldehydes is 1. The molecule has 0 saturated heterocycles. The molecule has 0 saturated carbocycles. The van der Waals surface area contributed by atoms with Crippen LogP contribution >= 0.6 is 0 Å². The van der Waals surface area contributed by atoms with Gasteiger partial charge in [0.1, 0.15) is 6.29 Å². The average molecular weight is 125 g/mol. The standard InChI is InChI=1S/C7H11NO/c1-8-5-3-2-4-7(8)6-9/h2,4,6-7H,3,5H2,1H3. The van der Waals surface area contributed by atoms with Gasteiger partial charge in [-0.3, -0.25) is 4.90 Å². The first kappa shape index (κ1) is 6.49. The SMILES string of the molecule is CN1CCC=CC1C=O. The number of carbonyl (C=O) groups excluding carboxylic acids is 1. The van der Waals surface area contributed by atoms with E-state index in [0.717, 1.165) is 19.3 Å². The van der Waals surface area contributed by atoms with Crippen molar-refractivity contribution in [3.63, 3.8) is 0 Å². The minimum absolute atomic E-state index is 0.0266. The van der Waals surface area contributed by atoms with E-state index in [-0.39, 0.29) is 6.04 Å². The average Bonchev–Trinajstić information content (AvgIpc) is 1.89. The van der Waals surface area contributed by atoms with Crippen LogP contribution < -0.4 is 0 Å². The first-order valence-electron chi connectivity index (χ1n) is 3.17. The molecule has 50 valence electrons. The van der Waals surface area contributed by atoms with Crippen LogP contribution in [0.5, 0.6) is 0 Å². The monoisotopic (exact) mass is 125 g/mol. The predicted molar refractivity (Wildman–Crippen MR) is 36.2 cm³/mol. The van der Waals surface area contributed by atoms with Crippen LogP contribution in [0.15, 0.2) is 12.2 Å². The lowest BCUT2D eigenvalue weighted by Crippen LogP contribution is -2.34. The van der Waals surface area contributed by atoms with Crippen molar-refractivity contribution >= 4 is 6.29 Å². The molecule has 1 aliphatic heterocycles. The van der Waals surface area contributed by atoms with Crippen molar-refractivity contribution in [3.05, 3.63) is 12.2 Å². The van der Waals surface area contributed by atoms with E-state index in [1.54, 1.807) is 0 Å². The molecule has 1 aliphatic rings. The van der Waals surface area contributed by atoms with Crippen LogP contribution in [0.25, 0.3) is 0 Å². The van der Waals surface area contributed by atoms with Crippen molar-refractivity contribution in [2.45, 2.75) is 12.5 Å². The maximum atomic E-state index is 10.3. The Bertz CT molecular complexity index is 131. The van der Waals surface area contributed by atoms with Crippen molar-refractivity contribution in [2.75, 3.05) is 13.6 Å². The fourth-order valence-corrected chi connectivity index (χ4v) is 0.959. The van der Waals surface area contributed by atoms with Gasteiger partial charge >= 0.3 is 0 Å². The zero-order valence-corrected chi connectivity index (χ0v) is 5.58. The molecule has 0 aromatic carbocycles. The second kappa shape index (κ2) is 2.78. The molecule has 2 nitrogen and oxygen atoms in total. The van der Waals surface area contributed by atoms with Crippen molar-refractivity contribution in [1.82, 2.24) is 4.90 Å². The number of likely N-dealkylation sites (N-methyl/N-ethyl adjacent to an activating group) is 1. The lowest BCUT2D eigenvalue weighted by Gasteiger charge is -2.23. The molecule has 0 radical (unpaired) electrons. The predicted octanol–water partition coefficient (Wildman–Crippen LogP) is 0.446. The molecular formula is C7H11NO. The molecule has 0 fully saturated rings. The van der Waals surface area contributed by atoms with Crippen LogP contribution in [0.1, 0.15) is 6.42 Å². The Labute approximate surface area is 55.2 Å². The number of carbonyl (C=O) groups is 1. The lowest BCUT2D eigenvalue weighted by atomic mass is 10.1. The van der Waals surface area contributed by atoms with Gasteiger partial charge in [-0.25, -0.2) is 0 Å². The summed E-state index contributed by atoms with van der Waals surface area (Å²) in [5, 5.41) is 0. The number of nitrogens with zero attached hydrogens (tertiary/aromatic N) is 1. The zero-order valence-electron chi connectivity index (χ0n) is 5.58. The van der Waals surface area contributed by atoms with E-state index in [9.17, 15) is 4.79 Å². The van der Waals surface area contributed by atoms with Gasteiger partial charge in [0, 0.05) is 6.54 Å². The quantitative estimate of drug-likeness (QED) is 0.374. The molecule has 1 heterocycles. The van der Waals surface area contributed by atoms with Gasteiger partial charge < -0.3 is 4.79 Å². The highest BCUT2D eigenvalue weighted by Crippen LogP contribution is 2.03. The Balaban J connectivity index is 2.56. The number of hydrogen-bond acceptors (Lipinski definition) is 2. The molecule has 0 aromatic rings. The largest absolute Gasteiger partial charge is 0.301 e. The summed E-state index contributed by atoms with van der Waals surface area (Å²) in [5.74, 6) is 0. The normalized spacial score (nSPS) is 28.3. The van der Waals surface area contributed by atoms with E-state index in [4.69, 9.17) is 0 Å². The molecule has 1 unspecified atom stereocenters. The molecule has 0 bridgehead atoms. The summed E-state index contributed by atoms with van der Waals surface area (Å²) >= 11 is 0. The van der Waals surface area contributed by atoms with E-state index in [0.29, 0.717) is 0 Å². The van der Waals surface area contributed by atoms with Gasteiger partial charge in [0.25, 0.3) is 0 Å². The van der Waals surface area contributed by atoms with E-state index in [1.165, 1.54) is 0 Å². The molecule has 9 heavy (non-hydrogen) atoms. The lowest BCUT2D eigenvalue weighted by molar-refractivity contribution is -0.110. The highest BCUT2D eigenvalue weighted by Gasteiger charge is 2.11. The Morgan fingerprint density at radius 3 is 3.00 bits per heavy atom. The molecule has 1 rings (SSSR count). The number of hydrogen-bond donors (Lipinski definition) is 0. The van der Waals surface area contributed by atoms with Crippen LogP contribution in [0.3, 0.4) is 0 Å². The zero-order chi connectivity index (χ0) is 6.69. The smallest absolute Gasteiger partial charge is 0.141 e. The van der Waals surface area contributed by atoms with Crippen molar-refractivity contribution in [2.24, 2.45) is 0 Å². The molecule has 0 N–H and O–H groups in total. The van der Waals surface area contributed by atoms with E-state index in [2.05, 4.69) is 6.08 Å². The maximum absolute atomic E-state index is 10.3. The third-order valence-corrected chi connectivity index (χ3v) is 1.63. The highest BCUT2D eigenvalue weighted by molar-refractivity contribution is 5.61.